The van der Waals surface area contributed by atoms with Crippen molar-refractivity contribution in [1.29, 1.82) is 0 Å². The minimum Gasteiger partial charge on any atom is -0.267 e. The molecule has 0 aliphatic rings. The Hall–Kier alpha value is -1.51. The molecule has 0 amide bonds. The maximum absolute atomic E-state index is 6.12. The third-order valence-electron chi connectivity index (χ3n) is 3.09. The molecule has 0 unspecified atom stereocenters. The van der Waals surface area contributed by atoms with E-state index in [0.29, 0.717) is 0 Å². The van der Waals surface area contributed by atoms with Gasteiger partial charge in [-0.3, -0.25) is 4.68 Å². The van der Waals surface area contributed by atoms with Crippen LogP contribution in [-0.2, 0) is 6.54 Å². The first-order valence-corrected chi connectivity index (χ1v) is 6.75. The van der Waals surface area contributed by atoms with Crippen LogP contribution in [0.3, 0.4) is 0 Å². The van der Waals surface area contributed by atoms with Gasteiger partial charge in [-0.15, -0.1) is 0 Å². The lowest BCUT2D eigenvalue weighted by Crippen LogP contribution is -1.99. The second kappa shape index (κ2) is 4.87. The molecular weight excluding hydrogens is 279 g/mol. The topological polar surface area (TPSA) is 17.8 Å². The first kappa shape index (κ1) is 12.5. The fraction of sp³-hybridized carbons (Fsp3) is 0.133. The van der Waals surface area contributed by atoms with E-state index in [1.54, 1.807) is 0 Å². The summed E-state index contributed by atoms with van der Waals surface area (Å²) in [6, 6.07) is 11.8. The van der Waals surface area contributed by atoms with Gasteiger partial charge in [0.2, 0.25) is 0 Å². The lowest BCUT2D eigenvalue weighted by Gasteiger charge is -2.01. The zero-order valence-corrected chi connectivity index (χ0v) is 11.9. The summed E-state index contributed by atoms with van der Waals surface area (Å²) in [5, 5.41) is 7.14. The van der Waals surface area contributed by atoms with Crippen molar-refractivity contribution in [3.05, 3.63) is 63.8 Å². The number of benzene rings is 2. The van der Waals surface area contributed by atoms with E-state index in [1.807, 2.05) is 54.2 Å². The number of nitrogens with zero attached hydrogens (tertiary/aromatic N) is 2. The molecule has 0 saturated heterocycles. The van der Waals surface area contributed by atoms with E-state index in [9.17, 15) is 0 Å². The smallest absolute Gasteiger partial charge is 0.0927 e. The van der Waals surface area contributed by atoms with Gasteiger partial charge < -0.3 is 0 Å². The van der Waals surface area contributed by atoms with Gasteiger partial charge in [-0.05, 0) is 42.3 Å². The third kappa shape index (κ3) is 2.60. The molecule has 19 heavy (non-hydrogen) atoms. The summed E-state index contributed by atoms with van der Waals surface area (Å²) >= 11 is 12.0. The molecule has 0 bridgehead atoms. The second-order valence-corrected chi connectivity index (χ2v) is 5.46. The van der Waals surface area contributed by atoms with E-state index in [0.717, 1.165) is 33.1 Å². The number of rotatable bonds is 2. The molecule has 2 aromatic carbocycles. The van der Waals surface area contributed by atoms with Crippen molar-refractivity contribution in [3.63, 3.8) is 0 Å². The van der Waals surface area contributed by atoms with Crippen LogP contribution in [0.4, 0.5) is 0 Å². The molecule has 1 heterocycles. The van der Waals surface area contributed by atoms with E-state index in [4.69, 9.17) is 23.2 Å². The van der Waals surface area contributed by atoms with E-state index in [1.165, 1.54) is 5.56 Å². The standard InChI is InChI=1S/C15H12Cl2N2/c1-10-6-15-12(7-14(10)17)9-19(18-15)8-11-2-4-13(16)5-3-11/h2-7,9H,8H2,1H3. The molecule has 0 aliphatic carbocycles. The minimum absolute atomic E-state index is 0.725. The van der Waals surface area contributed by atoms with Gasteiger partial charge in [-0.1, -0.05) is 35.3 Å². The SMILES string of the molecule is Cc1cc2nn(Cc3ccc(Cl)cc3)cc2cc1Cl. The predicted octanol–water partition coefficient (Wildman–Crippen LogP) is 4.70. The maximum atomic E-state index is 6.12. The zero-order valence-electron chi connectivity index (χ0n) is 10.4. The van der Waals surface area contributed by atoms with Crippen molar-refractivity contribution < 1.29 is 0 Å². The first-order valence-electron chi connectivity index (χ1n) is 5.99. The molecule has 3 aromatic rings. The van der Waals surface area contributed by atoms with Crippen LogP contribution >= 0.6 is 23.2 Å². The normalized spacial score (nSPS) is 11.1. The van der Waals surface area contributed by atoms with Crippen molar-refractivity contribution in [3.8, 4) is 0 Å². The number of fused-ring (bicyclic) bond motifs is 1. The number of hydrogen-bond donors (Lipinski definition) is 0. The van der Waals surface area contributed by atoms with Crippen molar-refractivity contribution >= 4 is 34.1 Å². The van der Waals surface area contributed by atoms with E-state index < -0.39 is 0 Å². The van der Waals surface area contributed by atoms with Crippen LogP contribution in [0.15, 0.2) is 42.6 Å². The van der Waals surface area contributed by atoms with Gasteiger partial charge in [0.15, 0.2) is 0 Å². The minimum atomic E-state index is 0.725. The molecule has 0 saturated carbocycles. The summed E-state index contributed by atoms with van der Waals surface area (Å²) in [4.78, 5) is 0. The summed E-state index contributed by atoms with van der Waals surface area (Å²) in [6.45, 7) is 2.71. The van der Waals surface area contributed by atoms with Crippen LogP contribution in [-0.4, -0.2) is 9.78 Å². The number of aromatic nitrogens is 2. The molecular formula is C15H12Cl2N2. The van der Waals surface area contributed by atoms with Crippen molar-refractivity contribution in [2.75, 3.05) is 0 Å². The fourth-order valence-corrected chi connectivity index (χ4v) is 2.36. The molecule has 0 N–H and O–H groups in total. The largest absolute Gasteiger partial charge is 0.267 e. The highest BCUT2D eigenvalue weighted by Gasteiger charge is 2.04. The Bertz CT molecular complexity index is 691. The van der Waals surface area contributed by atoms with Gasteiger partial charge in [-0.2, -0.15) is 5.10 Å². The second-order valence-electron chi connectivity index (χ2n) is 4.61. The van der Waals surface area contributed by atoms with Crippen LogP contribution < -0.4 is 0 Å². The molecule has 1 aromatic heterocycles. The zero-order chi connectivity index (χ0) is 13.4. The number of halogens is 2. The van der Waals surface area contributed by atoms with Gasteiger partial charge >= 0.3 is 0 Å². The van der Waals surface area contributed by atoms with Gasteiger partial charge in [0.25, 0.3) is 0 Å². The molecule has 2 nitrogen and oxygen atoms in total. The number of hydrogen-bond acceptors (Lipinski definition) is 1. The molecule has 0 aliphatic heterocycles. The van der Waals surface area contributed by atoms with Gasteiger partial charge in [0, 0.05) is 21.6 Å². The molecule has 3 rings (SSSR count). The summed E-state index contributed by atoms with van der Waals surface area (Å²) in [5.41, 5.74) is 3.18. The average Bonchev–Trinajstić information content (AvgIpc) is 2.74. The van der Waals surface area contributed by atoms with E-state index in [2.05, 4.69) is 5.10 Å². The maximum Gasteiger partial charge on any atom is 0.0927 e. The lowest BCUT2D eigenvalue weighted by atomic mass is 10.2. The Kier molecular flexibility index (Phi) is 3.21. The summed E-state index contributed by atoms with van der Waals surface area (Å²) in [5.74, 6) is 0. The fourth-order valence-electron chi connectivity index (χ4n) is 2.06. The van der Waals surface area contributed by atoms with Crippen LogP contribution in [0.1, 0.15) is 11.1 Å². The molecule has 0 spiro atoms. The Morgan fingerprint density at radius 2 is 1.84 bits per heavy atom. The Labute approximate surface area is 121 Å². The molecule has 4 heteroatoms. The highest BCUT2D eigenvalue weighted by atomic mass is 35.5. The molecule has 0 radical (unpaired) electrons. The first-order chi connectivity index (χ1) is 9.11. The lowest BCUT2D eigenvalue weighted by molar-refractivity contribution is 0.696. The summed E-state index contributed by atoms with van der Waals surface area (Å²) in [6.07, 6.45) is 2.01. The van der Waals surface area contributed by atoms with Gasteiger partial charge in [0.1, 0.15) is 0 Å². The quantitative estimate of drug-likeness (QED) is 0.669. The Morgan fingerprint density at radius 3 is 2.58 bits per heavy atom. The number of aryl methyl sites for hydroxylation is 1. The van der Waals surface area contributed by atoms with Crippen LogP contribution in [0.25, 0.3) is 10.9 Å². The van der Waals surface area contributed by atoms with Crippen molar-refractivity contribution in [2.24, 2.45) is 0 Å². The van der Waals surface area contributed by atoms with E-state index >= 15 is 0 Å². The highest BCUT2D eigenvalue weighted by Crippen LogP contribution is 2.22. The van der Waals surface area contributed by atoms with Crippen LogP contribution in [0, 0.1) is 6.92 Å². The average molecular weight is 291 g/mol. The Morgan fingerprint density at radius 1 is 1.11 bits per heavy atom. The molecule has 0 fully saturated rings. The van der Waals surface area contributed by atoms with Crippen LogP contribution in [0.5, 0.6) is 0 Å². The molecule has 96 valence electrons. The van der Waals surface area contributed by atoms with Gasteiger partial charge in [-0.25, -0.2) is 0 Å². The predicted molar refractivity (Wildman–Crippen MR) is 80.0 cm³/mol. The van der Waals surface area contributed by atoms with Crippen molar-refractivity contribution in [1.82, 2.24) is 9.78 Å². The highest BCUT2D eigenvalue weighted by molar-refractivity contribution is 6.32. The third-order valence-corrected chi connectivity index (χ3v) is 3.75. The Balaban J connectivity index is 1.95. The summed E-state index contributed by atoms with van der Waals surface area (Å²) < 4.78 is 1.92. The van der Waals surface area contributed by atoms with E-state index in [-0.39, 0.29) is 0 Å². The summed E-state index contributed by atoms with van der Waals surface area (Å²) in [7, 11) is 0. The van der Waals surface area contributed by atoms with Gasteiger partial charge in [0.05, 0.1) is 12.1 Å². The molecule has 0 atom stereocenters. The van der Waals surface area contributed by atoms with Crippen molar-refractivity contribution in [2.45, 2.75) is 13.5 Å². The van der Waals surface area contributed by atoms with Crippen LogP contribution in [0.2, 0.25) is 10.0 Å². The monoisotopic (exact) mass is 290 g/mol.